The zero-order chi connectivity index (χ0) is 16.6. The summed E-state index contributed by atoms with van der Waals surface area (Å²) in [4.78, 5) is 0. The Bertz CT molecular complexity index is 470. The molecule has 0 atom stereocenters. The van der Waals surface area contributed by atoms with Gasteiger partial charge in [-0.25, -0.2) is 26.3 Å². The molecule has 0 bridgehead atoms. The SMILES string of the molecule is O=S(=O)([O-])NC1CCCCC1.O=S(=O)([O-])NC1CCCCC1.[Na+].[Na+]. The zero-order valence-electron chi connectivity index (χ0n) is 14.5. The van der Waals surface area contributed by atoms with E-state index in [1.54, 1.807) is 0 Å². The predicted molar refractivity (Wildman–Crippen MR) is 79.4 cm³/mol. The van der Waals surface area contributed by atoms with Gasteiger partial charge in [0.05, 0.1) is 0 Å². The maximum Gasteiger partial charge on any atom is 1.00 e. The molecule has 0 aromatic rings. The van der Waals surface area contributed by atoms with E-state index >= 15 is 0 Å². The predicted octanol–water partition coefficient (Wildman–Crippen LogP) is -5.25. The van der Waals surface area contributed by atoms with Crippen molar-refractivity contribution in [3.8, 4) is 0 Å². The molecule has 2 fully saturated rings. The molecule has 12 heteroatoms. The third-order valence-corrected chi connectivity index (χ3v) is 5.08. The summed E-state index contributed by atoms with van der Waals surface area (Å²) < 4.78 is 65.5. The van der Waals surface area contributed by atoms with Crippen LogP contribution >= 0.6 is 0 Å². The normalized spacial score (nSPS) is 20.1. The van der Waals surface area contributed by atoms with E-state index < -0.39 is 20.6 Å². The summed E-state index contributed by atoms with van der Waals surface area (Å²) in [7, 11) is -8.45. The van der Waals surface area contributed by atoms with Gasteiger partial charge in [-0.2, -0.15) is 0 Å². The van der Waals surface area contributed by atoms with Gasteiger partial charge in [-0.05, 0) is 25.7 Å². The van der Waals surface area contributed by atoms with E-state index in [0.29, 0.717) is 0 Å². The standard InChI is InChI=1S/2C6H13NO3S.2Na/c2*8-11(9,10)7-6-4-2-1-3-5-6;;/h2*6-7H,1-5H2,(H,8,9,10);;/q;;2*+1/p-2. The van der Waals surface area contributed by atoms with Crippen LogP contribution in [0.5, 0.6) is 0 Å². The summed E-state index contributed by atoms with van der Waals surface area (Å²) in [6.45, 7) is 0. The van der Waals surface area contributed by atoms with Crippen LogP contribution in [-0.2, 0) is 20.6 Å². The van der Waals surface area contributed by atoms with E-state index in [-0.39, 0.29) is 71.2 Å². The van der Waals surface area contributed by atoms with Crippen LogP contribution in [0.2, 0.25) is 0 Å². The average Bonchev–Trinajstić information content (AvgIpc) is 2.38. The van der Waals surface area contributed by atoms with Gasteiger partial charge >= 0.3 is 59.1 Å². The van der Waals surface area contributed by atoms with Gasteiger partial charge in [0.25, 0.3) is 0 Å². The molecule has 0 heterocycles. The van der Waals surface area contributed by atoms with Crippen molar-refractivity contribution in [3.05, 3.63) is 0 Å². The Morgan fingerprint density at radius 3 is 1.04 bits per heavy atom. The van der Waals surface area contributed by atoms with Gasteiger partial charge < -0.3 is 9.11 Å². The molecule has 132 valence electrons. The fraction of sp³-hybridized carbons (Fsp3) is 1.00. The fourth-order valence-corrected chi connectivity index (χ4v) is 4.14. The first-order valence-corrected chi connectivity index (χ1v) is 10.4. The number of hydrogen-bond acceptors (Lipinski definition) is 6. The van der Waals surface area contributed by atoms with Gasteiger partial charge in [0.15, 0.2) is 20.6 Å². The first-order chi connectivity index (χ1) is 10.2. The summed E-state index contributed by atoms with van der Waals surface area (Å²) in [5.74, 6) is 0. The molecule has 0 spiro atoms. The molecular formula is C12H24N2Na2O6S2. The van der Waals surface area contributed by atoms with Crippen molar-refractivity contribution in [1.29, 1.82) is 0 Å². The molecule has 24 heavy (non-hydrogen) atoms. The molecule has 0 radical (unpaired) electrons. The summed E-state index contributed by atoms with van der Waals surface area (Å²) in [6, 6.07) is -0.211. The molecule has 0 saturated heterocycles. The van der Waals surface area contributed by atoms with Crippen LogP contribution in [0.4, 0.5) is 0 Å². The van der Waals surface area contributed by atoms with Gasteiger partial charge in [0.1, 0.15) is 0 Å². The van der Waals surface area contributed by atoms with E-state index in [2.05, 4.69) is 9.44 Å². The van der Waals surface area contributed by atoms with Crippen molar-refractivity contribution in [2.45, 2.75) is 76.3 Å². The topological polar surface area (TPSA) is 138 Å². The van der Waals surface area contributed by atoms with E-state index in [4.69, 9.17) is 0 Å². The molecule has 2 rings (SSSR count). The van der Waals surface area contributed by atoms with Crippen LogP contribution in [-0.4, -0.2) is 38.0 Å². The maximum absolute atomic E-state index is 10.2. The second-order valence-corrected chi connectivity index (χ2v) is 8.10. The Hall–Kier alpha value is 1.74. The van der Waals surface area contributed by atoms with Crippen molar-refractivity contribution in [1.82, 2.24) is 9.44 Å². The molecule has 0 unspecified atom stereocenters. The summed E-state index contributed by atoms with van der Waals surface area (Å²) in [5, 5.41) is 0. The van der Waals surface area contributed by atoms with Gasteiger partial charge in [-0.15, -0.1) is 0 Å². The third kappa shape index (κ3) is 16.0. The van der Waals surface area contributed by atoms with Crippen molar-refractivity contribution in [2.75, 3.05) is 0 Å². The van der Waals surface area contributed by atoms with E-state index in [1.807, 2.05) is 0 Å². The number of hydrogen-bond donors (Lipinski definition) is 2. The number of rotatable bonds is 4. The first-order valence-electron chi connectivity index (χ1n) is 7.62. The van der Waals surface area contributed by atoms with Crippen LogP contribution in [0.15, 0.2) is 0 Å². The summed E-state index contributed by atoms with van der Waals surface area (Å²) in [6.07, 6.45) is 9.61. The third-order valence-electron chi connectivity index (χ3n) is 3.83. The first kappa shape index (κ1) is 28.0. The largest absolute Gasteiger partial charge is 1.00 e. The Balaban J connectivity index is 0. The Morgan fingerprint density at radius 1 is 0.583 bits per heavy atom. The quantitative estimate of drug-likeness (QED) is 0.356. The van der Waals surface area contributed by atoms with Crippen molar-refractivity contribution in [3.63, 3.8) is 0 Å². The van der Waals surface area contributed by atoms with Crippen molar-refractivity contribution >= 4 is 20.6 Å². The Labute approximate surface area is 189 Å². The van der Waals surface area contributed by atoms with Crippen LogP contribution < -0.4 is 68.6 Å². The van der Waals surface area contributed by atoms with E-state index in [0.717, 1.165) is 64.2 Å². The van der Waals surface area contributed by atoms with E-state index in [1.165, 1.54) is 0 Å². The van der Waals surface area contributed by atoms with Crippen LogP contribution in [0, 0.1) is 0 Å². The van der Waals surface area contributed by atoms with Crippen molar-refractivity contribution in [2.24, 2.45) is 0 Å². The number of nitrogens with one attached hydrogen (secondary N) is 2. The van der Waals surface area contributed by atoms with Gasteiger partial charge in [0.2, 0.25) is 0 Å². The minimum Gasteiger partial charge on any atom is -0.735 e. The van der Waals surface area contributed by atoms with Crippen LogP contribution in [0.25, 0.3) is 0 Å². The monoisotopic (exact) mass is 402 g/mol. The minimum absolute atomic E-state index is 0. The van der Waals surface area contributed by atoms with Crippen LogP contribution in [0.3, 0.4) is 0 Å². The molecule has 0 aromatic carbocycles. The van der Waals surface area contributed by atoms with Gasteiger partial charge in [-0.1, -0.05) is 38.5 Å². The Morgan fingerprint density at radius 2 is 0.833 bits per heavy atom. The molecule has 2 aliphatic rings. The second-order valence-electron chi connectivity index (χ2n) is 5.81. The van der Waals surface area contributed by atoms with E-state index in [9.17, 15) is 25.9 Å². The van der Waals surface area contributed by atoms with Crippen molar-refractivity contribution < 1.29 is 85.1 Å². The summed E-state index contributed by atoms with van der Waals surface area (Å²) in [5.41, 5.74) is 0. The van der Waals surface area contributed by atoms with Crippen LogP contribution in [0.1, 0.15) is 64.2 Å². The second kappa shape index (κ2) is 13.8. The molecular weight excluding hydrogens is 378 g/mol. The zero-order valence-corrected chi connectivity index (χ0v) is 20.1. The molecule has 2 saturated carbocycles. The summed E-state index contributed by atoms with van der Waals surface area (Å²) >= 11 is 0. The minimum atomic E-state index is -4.22. The smallest absolute Gasteiger partial charge is 0.735 e. The average molecular weight is 402 g/mol. The molecule has 0 aromatic heterocycles. The molecule has 0 amide bonds. The van der Waals surface area contributed by atoms with Gasteiger partial charge in [0, 0.05) is 12.1 Å². The maximum atomic E-state index is 10.2. The molecule has 2 aliphatic carbocycles. The molecule has 0 aliphatic heterocycles. The Kier molecular flexibility index (Phi) is 16.1. The molecule has 2 N–H and O–H groups in total. The fourth-order valence-electron chi connectivity index (χ4n) is 2.85. The van der Waals surface area contributed by atoms with Gasteiger partial charge in [-0.3, -0.25) is 0 Å². The molecule has 8 nitrogen and oxygen atoms in total.